The minimum absolute atomic E-state index is 0.113. The third-order valence-corrected chi connectivity index (χ3v) is 6.40. The van der Waals surface area contributed by atoms with E-state index in [0.29, 0.717) is 11.5 Å². The van der Waals surface area contributed by atoms with Gasteiger partial charge in [-0.1, -0.05) is 6.07 Å². The Kier molecular flexibility index (Phi) is 6.27. The van der Waals surface area contributed by atoms with Gasteiger partial charge in [0, 0.05) is 6.07 Å². The summed E-state index contributed by atoms with van der Waals surface area (Å²) in [6, 6.07) is 7.83. The molecular formula is C16H19NO6S2. The summed E-state index contributed by atoms with van der Waals surface area (Å²) in [5.41, 5.74) is 0.198. The zero-order valence-corrected chi connectivity index (χ0v) is 15.7. The van der Waals surface area contributed by atoms with Crippen molar-refractivity contribution in [2.24, 2.45) is 0 Å². The molecule has 136 valence electrons. The molecule has 1 heterocycles. The minimum atomic E-state index is -3.97. The van der Waals surface area contributed by atoms with E-state index in [0.717, 1.165) is 15.6 Å². The molecule has 7 nitrogen and oxygen atoms in total. The van der Waals surface area contributed by atoms with Crippen molar-refractivity contribution in [3.8, 4) is 11.5 Å². The Morgan fingerprint density at radius 2 is 1.96 bits per heavy atom. The number of methoxy groups -OCH3 is 2. The summed E-state index contributed by atoms with van der Waals surface area (Å²) in [7, 11) is -1.08. The largest absolute Gasteiger partial charge is 0.497 e. The van der Waals surface area contributed by atoms with Gasteiger partial charge >= 0.3 is 5.97 Å². The number of carbonyl (C=O) groups is 1. The molecule has 0 radical (unpaired) electrons. The van der Waals surface area contributed by atoms with Crippen LogP contribution in [0.15, 0.2) is 39.9 Å². The summed E-state index contributed by atoms with van der Waals surface area (Å²) >= 11 is 1.06. The second-order valence-electron chi connectivity index (χ2n) is 4.79. The first kappa shape index (κ1) is 19.1. The molecule has 1 aromatic carbocycles. The first-order chi connectivity index (χ1) is 11.9. The van der Waals surface area contributed by atoms with Crippen LogP contribution in [0.3, 0.4) is 0 Å². The zero-order valence-electron chi connectivity index (χ0n) is 14.1. The van der Waals surface area contributed by atoms with E-state index in [1.54, 1.807) is 30.5 Å². The average molecular weight is 385 g/mol. The van der Waals surface area contributed by atoms with Gasteiger partial charge in [0.2, 0.25) is 0 Å². The van der Waals surface area contributed by atoms with Crippen LogP contribution in [-0.2, 0) is 19.6 Å². The number of anilines is 1. The predicted molar refractivity (Wildman–Crippen MR) is 95.0 cm³/mol. The molecule has 0 aliphatic carbocycles. The van der Waals surface area contributed by atoms with Gasteiger partial charge in [0.25, 0.3) is 10.0 Å². The molecule has 9 heteroatoms. The molecule has 0 saturated heterocycles. The fraction of sp³-hybridized carbons (Fsp3) is 0.312. The molecule has 1 aromatic heterocycles. The Balaban J connectivity index is 2.57. The summed E-state index contributed by atoms with van der Waals surface area (Å²) in [4.78, 5) is 12.0. The molecule has 0 aliphatic rings. The molecule has 2 rings (SSSR count). The Morgan fingerprint density at radius 1 is 1.20 bits per heavy atom. The van der Waals surface area contributed by atoms with Gasteiger partial charge in [-0.3, -0.25) is 9.10 Å². The molecule has 0 aliphatic heterocycles. The molecule has 0 fully saturated rings. The molecule has 2 aromatic rings. The van der Waals surface area contributed by atoms with E-state index in [2.05, 4.69) is 0 Å². The maximum absolute atomic E-state index is 13.0. The van der Waals surface area contributed by atoms with Crippen LogP contribution < -0.4 is 13.8 Å². The third kappa shape index (κ3) is 4.23. The monoisotopic (exact) mass is 385 g/mol. The van der Waals surface area contributed by atoms with Gasteiger partial charge in [-0.25, -0.2) is 8.42 Å². The van der Waals surface area contributed by atoms with Crippen LogP contribution in [0.4, 0.5) is 5.69 Å². The third-order valence-electron chi connectivity index (χ3n) is 3.27. The number of nitrogens with zero attached hydrogens (tertiary/aromatic N) is 1. The molecule has 0 spiro atoms. The molecular weight excluding hydrogens is 366 g/mol. The summed E-state index contributed by atoms with van der Waals surface area (Å²) in [6.07, 6.45) is 0. The minimum Gasteiger partial charge on any atom is -0.497 e. The summed E-state index contributed by atoms with van der Waals surface area (Å²) in [6.45, 7) is 1.33. The van der Waals surface area contributed by atoms with Crippen molar-refractivity contribution in [2.45, 2.75) is 11.1 Å². The Hall–Kier alpha value is -2.26. The molecule has 0 N–H and O–H groups in total. The van der Waals surface area contributed by atoms with Gasteiger partial charge in [0.05, 0.1) is 26.5 Å². The highest BCUT2D eigenvalue weighted by molar-refractivity contribution is 7.94. The number of ether oxygens (including phenoxy) is 3. The lowest BCUT2D eigenvalue weighted by Crippen LogP contribution is -2.36. The van der Waals surface area contributed by atoms with E-state index in [9.17, 15) is 13.2 Å². The lowest BCUT2D eigenvalue weighted by Gasteiger charge is -2.25. The lowest BCUT2D eigenvalue weighted by molar-refractivity contribution is -0.141. The summed E-state index contributed by atoms with van der Waals surface area (Å²) < 4.78 is 42.5. The van der Waals surface area contributed by atoms with E-state index in [4.69, 9.17) is 14.2 Å². The number of carbonyl (C=O) groups excluding carboxylic acids is 1. The van der Waals surface area contributed by atoms with Crippen molar-refractivity contribution >= 4 is 33.0 Å². The van der Waals surface area contributed by atoms with E-state index in [-0.39, 0.29) is 16.5 Å². The van der Waals surface area contributed by atoms with Gasteiger partial charge < -0.3 is 14.2 Å². The standard InChI is InChI=1S/C16H19NO6S2/c1-4-23-15(18)11-17(25(19,20)16-6-5-9-24-16)13-10-12(21-2)7-8-14(13)22-3/h5-10H,4,11H2,1-3H3. The maximum Gasteiger partial charge on any atom is 0.326 e. The highest BCUT2D eigenvalue weighted by atomic mass is 32.2. The number of thiophene rings is 1. The summed E-state index contributed by atoms with van der Waals surface area (Å²) in [5.74, 6) is 0.0729. The number of rotatable bonds is 8. The summed E-state index contributed by atoms with van der Waals surface area (Å²) in [5, 5.41) is 1.65. The predicted octanol–water partition coefficient (Wildman–Crippen LogP) is 2.52. The molecule has 0 amide bonds. The van der Waals surface area contributed by atoms with Crippen molar-refractivity contribution in [2.75, 3.05) is 31.7 Å². The maximum atomic E-state index is 13.0. The first-order valence-electron chi connectivity index (χ1n) is 7.38. The molecule has 0 bridgehead atoms. The van der Waals surface area contributed by atoms with Crippen molar-refractivity contribution in [3.63, 3.8) is 0 Å². The number of sulfonamides is 1. The topological polar surface area (TPSA) is 82.1 Å². The fourth-order valence-corrected chi connectivity index (χ4v) is 4.65. The van der Waals surface area contributed by atoms with Gasteiger partial charge in [-0.2, -0.15) is 0 Å². The Labute approximate surface area is 150 Å². The van der Waals surface area contributed by atoms with E-state index >= 15 is 0 Å². The quantitative estimate of drug-likeness (QED) is 0.650. The first-order valence-corrected chi connectivity index (χ1v) is 9.70. The Morgan fingerprint density at radius 3 is 2.52 bits per heavy atom. The van der Waals surface area contributed by atoms with E-state index < -0.39 is 22.5 Å². The second kappa shape index (κ2) is 8.21. The second-order valence-corrected chi connectivity index (χ2v) is 7.82. The highest BCUT2D eigenvalue weighted by Gasteiger charge is 2.31. The average Bonchev–Trinajstić information content (AvgIpc) is 3.14. The normalized spacial score (nSPS) is 11.0. The van der Waals surface area contributed by atoms with Crippen molar-refractivity contribution in [1.82, 2.24) is 0 Å². The van der Waals surface area contributed by atoms with Crippen molar-refractivity contribution in [1.29, 1.82) is 0 Å². The van der Waals surface area contributed by atoms with Crippen LogP contribution >= 0.6 is 11.3 Å². The van der Waals surface area contributed by atoms with Crippen molar-refractivity contribution in [3.05, 3.63) is 35.7 Å². The number of hydrogen-bond acceptors (Lipinski definition) is 7. The van der Waals surface area contributed by atoms with Crippen LogP contribution in [0.1, 0.15) is 6.92 Å². The van der Waals surface area contributed by atoms with E-state index in [1.165, 1.54) is 26.4 Å². The van der Waals surface area contributed by atoms with Crippen LogP contribution in [-0.4, -0.2) is 41.8 Å². The Bertz CT molecular complexity index is 817. The van der Waals surface area contributed by atoms with Crippen molar-refractivity contribution < 1.29 is 27.4 Å². The number of hydrogen-bond donors (Lipinski definition) is 0. The van der Waals surface area contributed by atoms with Gasteiger partial charge in [0.15, 0.2) is 0 Å². The van der Waals surface area contributed by atoms with Crippen LogP contribution in [0.2, 0.25) is 0 Å². The van der Waals surface area contributed by atoms with Crippen LogP contribution in [0.5, 0.6) is 11.5 Å². The smallest absolute Gasteiger partial charge is 0.326 e. The SMILES string of the molecule is CCOC(=O)CN(c1cc(OC)ccc1OC)S(=O)(=O)c1cccs1. The fourth-order valence-electron chi connectivity index (χ4n) is 2.13. The van der Waals surface area contributed by atoms with Gasteiger partial charge in [0.1, 0.15) is 22.3 Å². The molecule has 0 atom stereocenters. The number of benzene rings is 1. The molecule has 25 heavy (non-hydrogen) atoms. The lowest BCUT2D eigenvalue weighted by atomic mass is 10.2. The highest BCUT2D eigenvalue weighted by Crippen LogP contribution is 2.36. The molecule has 0 saturated carbocycles. The van der Waals surface area contributed by atoms with Gasteiger partial charge in [-0.05, 0) is 30.5 Å². The molecule has 0 unspecified atom stereocenters. The zero-order chi connectivity index (χ0) is 18.4. The van der Waals surface area contributed by atoms with Gasteiger partial charge in [-0.15, -0.1) is 11.3 Å². The van der Waals surface area contributed by atoms with Crippen LogP contribution in [0.25, 0.3) is 0 Å². The number of esters is 1. The van der Waals surface area contributed by atoms with E-state index in [1.807, 2.05) is 0 Å². The van der Waals surface area contributed by atoms with Crippen LogP contribution in [0, 0.1) is 0 Å².